The van der Waals surface area contributed by atoms with Crippen molar-refractivity contribution in [3.8, 4) is 0 Å². The van der Waals surface area contributed by atoms with Crippen molar-refractivity contribution in [2.24, 2.45) is 0 Å². The summed E-state index contributed by atoms with van der Waals surface area (Å²) in [4.78, 5) is 2.45. The van der Waals surface area contributed by atoms with Gasteiger partial charge in [-0.15, -0.1) is 0 Å². The third-order valence-electron chi connectivity index (χ3n) is 3.16. The van der Waals surface area contributed by atoms with E-state index in [1.165, 1.54) is 24.1 Å². The van der Waals surface area contributed by atoms with E-state index in [1.807, 2.05) is 12.1 Å². The second-order valence-electron chi connectivity index (χ2n) is 4.50. The van der Waals surface area contributed by atoms with Gasteiger partial charge in [0.15, 0.2) is 0 Å². The van der Waals surface area contributed by atoms with E-state index >= 15 is 0 Å². The van der Waals surface area contributed by atoms with E-state index in [0.717, 1.165) is 26.2 Å². The number of hydrogen-bond acceptors (Lipinski definition) is 2. The van der Waals surface area contributed by atoms with Gasteiger partial charge in [-0.3, -0.25) is 4.90 Å². The van der Waals surface area contributed by atoms with Crippen LogP contribution in [0.25, 0.3) is 0 Å². The van der Waals surface area contributed by atoms with Gasteiger partial charge in [-0.2, -0.15) is 0 Å². The molecule has 3 heteroatoms. The van der Waals surface area contributed by atoms with Crippen LogP contribution in [0, 0.1) is 5.82 Å². The Morgan fingerprint density at radius 1 is 1.38 bits per heavy atom. The highest BCUT2D eigenvalue weighted by molar-refractivity contribution is 5.16. The normalized spacial score (nSPS) is 23.0. The molecule has 1 heterocycles. The third kappa shape index (κ3) is 3.03. The third-order valence-corrected chi connectivity index (χ3v) is 3.16. The SMILES string of the molecule is CC1CNCCCN1Cc1ccc(F)cc1. The predicted molar refractivity (Wildman–Crippen MR) is 63.8 cm³/mol. The summed E-state index contributed by atoms with van der Waals surface area (Å²) < 4.78 is 12.8. The summed E-state index contributed by atoms with van der Waals surface area (Å²) in [5, 5.41) is 3.42. The summed E-state index contributed by atoms with van der Waals surface area (Å²) in [5.74, 6) is -0.158. The van der Waals surface area contributed by atoms with E-state index in [-0.39, 0.29) is 5.82 Å². The standard InChI is InChI=1S/C13H19FN2/c1-11-9-15-7-2-8-16(11)10-12-3-5-13(14)6-4-12/h3-6,11,15H,2,7-10H2,1H3. The molecule has 88 valence electrons. The first-order chi connectivity index (χ1) is 7.75. The van der Waals surface area contributed by atoms with Gasteiger partial charge in [0.1, 0.15) is 5.82 Å². The van der Waals surface area contributed by atoms with Crippen molar-refractivity contribution in [1.82, 2.24) is 10.2 Å². The van der Waals surface area contributed by atoms with Gasteiger partial charge in [-0.25, -0.2) is 4.39 Å². The van der Waals surface area contributed by atoms with Crippen LogP contribution in [0.5, 0.6) is 0 Å². The first kappa shape index (κ1) is 11.6. The molecule has 1 atom stereocenters. The number of nitrogens with one attached hydrogen (secondary N) is 1. The Balaban J connectivity index is 1.99. The van der Waals surface area contributed by atoms with Crippen LogP contribution in [0.3, 0.4) is 0 Å². The fraction of sp³-hybridized carbons (Fsp3) is 0.538. The maximum absolute atomic E-state index is 12.8. The van der Waals surface area contributed by atoms with Crippen molar-refractivity contribution in [3.05, 3.63) is 35.6 Å². The van der Waals surface area contributed by atoms with Gasteiger partial charge >= 0.3 is 0 Å². The molecule has 1 aromatic carbocycles. The van der Waals surface area contributed by atoms with E-state index in [1.54, 1.807) is 0 Å². The van der Waals surface area contributed by atoms with E-state index in [9.17, 15) is 4.39 Å². The molecular formula is C13H19FN2. The monoisotopic (exact) mass is 222 g/mol. The minimum absolute atomic E-state index is 0.158. The molecule has 0 radical (unpaired) electrons. The lowest BCUT2D eigenvalue weighted by Gasteiger charge is -2.26. The second kappa shape index (κ2) is 5.41. The summed E-state index contributed by atoms with van der Waals surface area (Å²) in [6.45, 7) is 6.42. The molecule has 1 aliphatic heterocycles. The number of rotatable bonds is 2. The fourth-order valence-electron chi connectivity index (χ4n) is 2.13. The van der Waals surface area contributed by atoms with Gasteiger partial charge in [0.05, 0.1) is 0 Å². The summed E-state index contributed by atoms with van der Waals surface area (Å²) >= 11 is 0. The zero-order chi connectivity index (χ0) is 11.4. The van der Waals surface area contributed by atoms with Gasteiger partial charge in [-0.1, -0.05) is 12.1 Å². The molecule has 1 unspecified atom stereocenters. The molecule has 1 aromatic rings. The molecule has 1 saturated heterocycles. The van der Waals surface area contributed by atoms with Gasteiger partial charge < -0.3 is 5.32 Å². The summed E-state index contributed by atoms with van der Waals surface area (Å²) in [7, 11) is 0. The van der Waals surface area contributed by atoms with Gasteiger partial charge in [0.25, 0.3) is 0 Å². The molecule has 2 nitrogen and oxygen atoms in total. The molecule has 0 saturated carbocycles. The number of hydrogen-bond donors (Lipinski definition) is 1. The fourth-order valence-corrected chi connectivity index (χ4v) is 2.13. The maximum atomic E-state index is 12.8. The van der Waals surface area contributed by atoms with Crippen LogP contribution in [-0.4, -0.2) is 30.6 Å². The Morgan fingerprint density at radius 2 is 2.12 bits per heavy atom. The van der Waals surface area contributed by atoms with Gasteiger partial charge in [-0.05, 0) is 37.6 Å². The Morgan fingerprint density at radius 3 is 2.88 bits per heavy atom. The number of halogens is 1. The lowest BCUT2D eigenvalue weighted by molar-refractivity contribution is 0.214. The highest BCUT2D eigenvalue weighted by Crippen LogP contribution is 2.11. The Kier molecular flexibility index (Phi) is 3.91. The molecule has 0 amide bonds. The van der Waals surface area contributed by atoms with Crippen molar-refractivity contribution in [2.45, 2.75) is 25.9 Å². The molecule has 0 bridgehead atoms. The first-order valence-electron chi connectivity index (χ1n) is 5.95. The van der Waals surface area contributed by atoms with Crippen LogP contribution in [-0.2, 0) is 6.54 Å². The molecule has 0 spiro atoms. The van der Waals surface area contributed by atoms with E-state index < -0.39 is 0 Å². The molecule has 16 heavy (non-hydrogen) atoms. The topological polar surface area (TPSA) is 15.3 Å². The van der Waals surface area contributed by atoms with Gasteiger partial charge in [0, 0.05) is 25.7 Å². The largest absolute Gasteiger partial charge is 0.315 e. The van der Waals surface area contributed by atoms with Crippen molar-refractivity contribution >= 4 is 0 Å². The molecule has 1 N–H and O–H groups in total. The Bertz CT molecular complexity index is 323. The van der Waals surface area contributed by atoms with Crippen LogP contribution < -0.4 is 5.32 Å². The van der Waals surface area contributed by atoms with Crippen molar-refractivity contribution in [3.63, 3.8) is 0 Å². The van der Waals surface area contributed by atoms with E-state index in [0.29, 0.717) is 6.04 Å². The molecular weight excluding hydrogens is 203 g/mol. The number of nitrogens with zero attached hydrogens (tertiary/aromatic N) is 1. The Labute approximate surface area is 96.5 Å². The highest BCUT2D eigenvalue weighted by atomic mass is 19.1. The van der Waals surface area contributed by atoms with Crippen LogP contribution in [0.1, 0.15) is 18.9 Å². The van der Waals surface area contributed by atoms with Crippen LogP contribution in [0.4, 0.5) is 4.39 Å². The Hall–Kier alpha value is -0.930. The molecule has 2 rings (SSSR count). The van der Waals surface area contributed by atoms with Crippen molar-refractivity contribution in [2.75, 3.05) is 19.6 Å². The lowest BCUT2D eigenvalue weighted by atomic mass is 10.2. The summed E-state index contributed by atoms with van der Waals surface area (Å²) in [5.41, 5.74) is 1.19. The molecule has 0 aliphatic carbocycles. The quantitative estimate of drug-likeness (QED) is 0.823. The molecule has 1 aliphatic rings. The number of benzene rings is 1. The van der Waals surface area contributed by atoms with Crippen molar-refractivity contribution < 1.29 is 4.39 Å². The maximum Gasteiger partial charge on any atom is 0.123 e. The van der Waals surface area contributed by atoms with Gasteiger partial charge in [0.2, 0.25) is 0 Å². The van der Waals surface area contributed by atoms with Crippen LogP contribution in [0.2, 0.25) is 0 Å². The predicted octanol–water partition coefficient (Wildman–Crippen LogP) is 2.01. The zero-order valence-electron chi connectivity index (χ0n) is 9.75. The lowest BCUT2D eigenvalue weighted by Crippen LogP contribution is -2.36. The zero-order valence-corrected chi connectivity index (χ0v) is 9.75. The van der Waals surface area contributed by atoms with Crippen molar-refractivity contribution in [1.29, 1.82) is 0 Å². The summed E-state index contributed by atoms with van der Waals surface area (Å²) in [6.07, 6.45) is 1.19. The first-order valence-corrected chi connectivity index (χ1v) is 5.95. The molecule has 1 fully saturated rings. The van der Waals surface area contributed by atoms with E-state index in [4.69, 9.17) is 0 Å². The highest BCUT2D eigenvalue weighted by Gasteiger charge is 2.16. The average Bonchev–Trinajstić information content (AvgIpc) is 2.48. The molecule has 0 aromatic heterocycles. The minimum atomic E-state index is -0.158. The second-order valence-corrected chi connectivity index (χ2v) is 4.50. The van der Waals surface area contributed by atoms with Crippen LogP contribution >= 0.6 is 0 Å². The van der Waals surface area contributed by atoms with Crippen LogP contribution in [0.15, 0.2) is 24.3 Å². The minimum Gasteiger partial charge on any atom is -0.315 e. The smallest absolute Gasteiger partial charge is 0.123 e. The summed E-state index contributed by atoms with van der Waals surface area (Å²) in [6, 6.07) is 7.37. The average molecular weight is 222 g/mol. The van der Waals surface area contributed by atoms with E-state index in [2.05, 4.69) is 17.1 Å².